The van der Waals surface area contributed by atoms with Crippen molar-refractivity contribution in [3.8, 4) is 0 Å². The van der Waals surface area contributed by atoms with Crippen LogP contribution in [0.5, 0.6) is 0 Å². The SMILES string of the molecule is [B]c1cccc(S(=O)(=O)C2CC2)c1. The van der Waals surface area contributed by atoms with Crippen molar-refractivity contribution in [3.05, 3.63) is 24.3 Å². The molecule has 1 saturated carbocycles. The van der Waals surface area contributed by atoms with Crippen LogP contribution < -0.4 is 5.46 Å². The number of hydrogen-bond acceptors (Lipinski definition) is 2. The number of benzene rings is 1. The van der Waals surface area contributed by atoms with Crippen molar-refractivity contribution >= 4 is 23.1 Å². The summed E-state index contributed by atoms with van der Waals surface area (Å²) in [5.41, 5.74) is 0.502. The quantitative estimate of drug-likeness (QED) is 0.636. The molecule has 0 aliphatic heterocycles. The van der Waals surface area contributed by atoms with E-state index < -0.39 is 9.84 Å². The van der Waals surface area contributed by atoms with Crippen LogP contribution >= 0.6 is 0 Å². The predicted molar refractivity (Wildman–Crippen MR) is 52.0 cm³/mol. The van der Waals surface area contributed by atoms with Gasteiger partial charge in [0.1, 0.15) is 7.85 Å². The van der Waals surface area contributed by atoms with Gasteiger partial charge in [0.05, 0.1) is 10.1 Å². The lowest BCUT2D eigenvalue weighted by Crippen LogP contribution is -2.11. The van der Waals surface area contributed by atoms with Gasteiger partial charge in [0.25, 0.3) is 0 Å². The van der Waals surface area contributed by atoms with E-state index in [1.165, 1.54) is 6.07 Å². The van der Waals surface area contributed by atoms with Crippen molar-refractivity contribution in [3.63, 3.8) is 0 Å². The van der Waals surface area contributed by atoms with Crippen molar-refractivity contribution in [1.82, 2.24) is 0 Å². The Bertz CT molecular complexity index is 421. The largest absolute Gasteiger partial charge is 0.223 e. The maximum atomic E-state index is 11.7. The zero-order chi connectivity index (χ0) is 9.47. The maximum Gasteiger partial charge on any atom is 0.181 e. The second kappa shape index (κ2) is 2.87. The molecule has 0 N–H and O–H groups in total. The van der Waals surface area contributed by atoms with Gasteiger partial charge in [0, 0.05) is 0 Å². The van der Waals surface area contributed by atoms with Crippen LogP contribution in [0.3, 0.4) is 0 Å². The molecule has 2 radical (unpaired) electrons. The summed E-state index contributed by atoms with van der Waals surface area (Å²) in [7, 11) is 2.44. The molecular weight excluding hydrogens is 183 g/mol. The molecule has 4 heteroatoms. The normalized spacial score (nSPS) is 17.2. The Kier molecular flexibility index (Phi) is 1.95. The number of rotatable bonds is 2. The highest BCUT2D eigenvalue weighted by Gasteiger charge is 2.36. The van der Waals surface area contributed by atoms with Crippen molar-refractivity contribution in [1.29, 1.82) is 0 Å². The Hall–Kier alpha value is -0.765. The van der Waals surface area contributed by atoms with E-state index >= 15 is 0 Å². The molecule has 1 aromatic rings. The zero-order valence-electron chi connectivity index (χ0n) is 7.10. The summed E-state index contributed by atoms with van der Waals surface area (Å²) in [4.78, 5) is 0.356. The molecule has 66 valence electrons. The molecule has 2 rings (SSSR count). The molecule has 0 bridgehead atoms. The van der Waals surface area contributed by atoms with E-state index in [1.54, 1.807) is 18.2 Å². The Balaban J connectivity index is 2.45. The Morgan fingerprint density at radius 2 is 2.00 bits per heavy atom. The number of sulfone groups is 1. The monoisotopic (exact) mass is 192 g/mol. The van der Waals surface area contributed by atoms with Crippen molar-refractivity contribution in [2.24, 2.45) is 0 Å². The lowest BCUT2D eigenvalue weighted by molar-refractivity contribution is 0.595. The summed E-state index contributed by atoms with van der Waals surface area (Å²) in [6.07, 6.45) is 1.58. The molecule has 0 aromatic heterocycles. The van der Waals surface area contributed by atoms with Crippen LogP contribution in [-0.2, 0) is 9.84 Å². The standard InChI is InChI=1S/C9H9BO2S/c10-7-2-1-3-9(6-7)13(11,12)8-4-5-8/h1-3,6,8H,4-5H2. The van der Waals surface area contributed by atoms with Crippen LogP contribution in [0, 0.1) is 0 Å². The van der Waals surface area contributed by atoms with Crippen molar-refractivity contribution < 1.29 is 8.42 Å². The van der Waals surface area contributed by atoms with Crippen LogP contribution in [0.4, 0.5) is 0 Å². The average Bonchev–Trinajstić information content (AvgIpc) is 2.86. The molecule has 1 aliphatic rings. The fourth-order valence-corrected chi connectivity index (χ4v) is 2.97. The first-order valence-electron chi connectivity index (χ1n) is 4.20. The van der Waals surface area contributed by atoms with Gasteiger partial charge in [-0.25, -0.2) is 8.42 Å². The predicted octanol–water partition coefficient (Wildman–Crippen LogP) is 0.417. The first kappa shape index (κ1) is 8.82. The summed E-state index contributed by atoms with van der Waals surface area (Å²) in [5, 5.41) is -0.158. The van der Waals surface area contributed by atoms with Gasteiger partial charge in [0.15, 0.2) is 9.84 Å². The minimum Gasteiger partial charge on any atom is -0.223 e. The lowest BCUT2D eigenvalue weighted by atomic mass is 9.97. The summed E-state index contributed by atoms with van der Waals surface area (Å²) in [5.74, 6) is 0. The first-order valence-corrected chi connectivity index (χ1v) is 5.75. The van der Waals surface area contributed by atoms with E-state index in [0.717, 1.165) is 12.8 Å². The first-order chi connectivity index (χ1) is 6.10. The molecule has 1 aromatic carbocycles. The molecule has 0 saturated heterocycles. The van der Waals surface area contributed by atoms with Gasteiger partial charge < -0.3 is 0 Å². The second-order valence-corrected chi connectivity index (χ2v) is 5.54. The molecule has 0 heterocycles. The third-order valence-electron chi connectivity index (χ3n) is 2.15. The molecule has 13 heavy (non-hydrogen) atoms. The maximum absolute atomic E-state index is 11.7. The van der Waals surface area contributed by atoms with Crippen LogP contribution in [0.15, 0.2) is 29.2 Å². The highest BCUT2D eigenvalue weighted by molar-refractivity contribution is 7.92. The minimum absolute atomic E-state index is 0.158. The molecule has 2 nitrogen and oxygen atoms in total. The fraction of sp³-hybridized carbons (Fsp3) is 0.333. The van der Waals surface area contributed by atoms with Crippen molar-refractivity contribution in [2.45, 2.75) is 23.0 Å². The molecule has 0 amide bonds. The molecule has 1 aliphatic carbocycles. The van der Waals surface area contributed by atoms with Crippen molar-refractivity contribution in [2.75, 3.05) is 0 Å². The van der Waals surface area contributed by atoms with E-state index in [-0.39, 0.29) is 5.25 Å². The summed E-state index contributed by atoms with van der Waals surface area (Å²) < 4.78 is 23.4. The summed E-state index contributed by atoms with van der Waals surface area (Å²) in [6, 6.07) is 6.48. The van der Waals surface area contributed by atoms with Gasteiger partial charge in [-0.05, 0) is 18.9 Å². The van der Waals surface area contributed by atoms with Gasteiger partial charge in [-0.1, -0.05) is 23.7 Å². The lowest BCUT2D eigenvalue weighted by Gasteiger charge is -2.02. The third-order valence-corrected chi connectivity index (χ3v) is 4.41. The summed E-state index contributed by atoms with van der Waals surface area (Å²) >= 11 is 0. The second-order valence-electron chi connectivity index (χ2n) is 3.32. The van der Waals surface area contributed by atoms with Crippen LogP contribution in [-0.4, -0.2) is 21.5 Å². The third kappa shape index (κ3) is 1.63. The fourth-order valence-electron chi connectivity index (χ4n) is 1.26. The van der Waals surface area contributed by atoms with E-state index in [4.69, 9.17) is 7.85 Å². The van der Waals surface area contributed by atoms with Gasteiger partial charge in [-0.15, -0.1) is 0 Å². The highest BCUT2D eigenvalue weighted by Crippen LogP contribution is 2.32. The topological polar surface area (TPSA) is 34.1 Å². The highest BCUT2D eigenvalue weighted by atomic mass is 32.2. The molecule has 0 atom stereocenters. The molecule has 0 unspecified atom stereocenters. The average molecular weight is 192 g/mol. The van der Waals surface area contributed by atoms with Gasteiger partial charge in [-0.3, -0.25) is 0 Å². The summed E-state index contributed by atoms with van der Waals surface area (Å²) in [6.45, 7) is 0. The Morgan fingerprint density at radius 1 is 1.31 bits per heavy atom. The van der Waals surface area contributed by atoms with E-state index in [2.05, 4.69) is 0 Å². The van der Waals surface area contributed by atoms with E-state index in [9.17, 15) is 8.42 Å². The minimum atomic E-state index is -3.07. The van der Waals surface area contributed by atoms with Crippen LogP contribution in [0.25, 0.3) is 0 Å². The van der Waals surface area contributed by atoms with Crippen LogP contribution in [0.2, 0.25) is 0 Å². The van der Waals surface area contributed by atoms with Gasteiger partial charge >= 0.3 is 0 Å². The molecule has 1 fully saturated rings. The van der Waals surface area contributed by atoms with Gasteiger partial charge in [0.2, 0.25) is 0 Å². The molecule has 0 spiro atoms. The number of hydrogen-bond donors (Lipinski definition) is 0. The van der Waals surface area contributed by atoms with Gasteiger partial charge in [-0.2, -0.15) is 0 Å². The Morgan fingerprint density at radius 3 is 2.54 bits per heavy atom. The van der Waals surface area contributed by atoms with Crippen LogP contribution in [0.1, 0.15) is 12.8 Å². The zero-order valence-corrected chi connectivity index (χ0v) is 7.92. The Labute approximate surface area is 79.3 Å². The smallest absolute Gasteiger partial charge is 0.181 e. The van der Waals surface area contributed by atoms with E-state index in [1.807, 2.05) is 0 Å². The van der Waals surface area contributed by atoms with E-state index in [0.29, 0.717) is 10.4 Å². The molecular formula is C9H9BO2S.